The Hall–Kier alpha value is -3.32. The van der Waals surface area contributed by atoms with Gasteiger partial charge in [-0.15, -0.1) is 0 Å². The number of anilines is 1. The number of carbonyl (C=O) groups is 1. The van der Waals surface area contributed by atoms with Crippen molar-refractivity contribution in [1.82, 2.24) is 14.9 Å². The molecular formula is C21H19FN4O2. The normalized spacial score (nSPS) is 14.1. The molecule has 1 saturated heterocycles. The highest BCUT2D eigenvalue weighted by molar-refractivity contribution is 6.01. The second kappa shape index (κ2) is 7.74. The number of nitrogen functional groups attached to an aromatic ring is 1. The Morgan fingerprint density at radius 1 is 1.00 bits per heavy atom. The number of hydrogen-bond donors (Lipinski definition) is 1. The second-order valence-electron chi connectivity index (χ2n) is 6.47. The summed E-state index contributed by atoms with van der Waals surface area (Å²) in [7, 11) is 0. The fraction of sp³-hybridized carbons (Fsp3) is 0.190. The zero-order valence-corrected chi connectivity index (χ0v) is 15.1. The molecule has 2 aromatic carbocycles. The van der Waals surface area contributed by atoms with Gasteiger partial charge in [-0.2, -0.15) is 0 Å². The molecule has 0 spiro atoms. The van der Waals surface area contributed by atoms with Gasteiger partial charge in [-0.25, -0.2) is 14.4 Å². The molecule has 4 rings (SSSR count). The Labute approximate surface area is 161 Å². The largest absolute Gasteiger partial charge is 0.378 e. The maximum Gasteiger partial charge on any atom is 0.254 e. The summed E-state index contributed by atoms with van der Waals surface area (Å²) < 4.78 is 20.1. The van der Waals surface area contributed by atoms with Gasteiger partial charge in [0.25, 0.3) is 5.91 Å². The Bertz CT molecular complexity index is 1000. The van der Waals surface area contributed by atoms with Crippen LogP contribution < -0.4 is 5.73 Å². The predicted octanol–water partition coefficient (Wildman–Crippen LogP) is 3.00. The number of halogens is 1. The van der Waals surface area contributed by atoms with Crippen LogP contribution in [0.3, 0.4) is 0 Å². The average Bonchev–Trinajstić information content (AvgIpc) is 2.74. The summed E-state index contributed by atoms with van der Waals surface area (Å²) in [5, 5.41) is 0. The Morgan fingerprint density at radius 2 is 1.71 bits per heavy atom. The van der Waals surface area contributed by atoms with Gasteiger partial charge in [0, 0.05) is 42.2 Å². The molecule has 0 bridgehead atoms. The van der Waals surface area contributed by atoms with Crippen molar-refractivity contribution in [3.05, 3.63) is 66.2 Å². The summed E-state index contributed by atoms with van der Waals surface area (Å²) in [6.45, 7) is 2.16. The van der Waals surface area contributed by atoms with Gasteiger partial charge in [0.2, 0.25) is 5.95 Å². The number of hydrogen-bond acceptors (Lipinski definition) is 5. The molecule has 0 atom stereocenters. The van der Waals surface area contributed by atoms with Crippen LogP contribution in [0.1, 0.15) is 10.4 Å². The fourth-order valence-electron chi connectivity index (χ4n) is 3.25. The number of benzene rings is 2. The van der Waals surface area contributed by atoms with Crippen LogP contribution in [-0.2, 0) is 4.74 Å². The van der Waals surface area contributed by atoms with Gasteiger partial charge in [-0.1, -0.05) is 30.3 Å². The van der Waals surface area contributed by atoms with Gasteiger partial charge in [0.15, 0.2) is 0 Å². The molecule has 7 heteroatoms. The minimum absolute atomic E-state index is 0.0738. The first-order chi connectivity index (χ1) is 13.6. The molecule has 0 unspecified atom stereocenters. The minimum atomic E-state index is -0.417. The van der Waals surface area contributed by atoms with Crippen LogP contribution in [0.4, 0.5) is 10.3 Å². The van der Waals surface area contributed by atoms with Crippen LogP contribution in [-0.4, -0.2) is 47.1 Å². The van der Waals surface area contributed by atoms with E-state index in [0.717, 1.165) is 0 Å². The van der Waals surface area contributed by atoms with E-state index in [1.165, 1.54) is 18.5 Å². The first kappa shape index (κ1) is 18.1. The Kier molecular flexibility index (Phi) is 4.99. The SMILES string of the molecule is Nc1ncc(-c2ccc(-c3ccccc3C(=O)N3CCOCC3)cc2F)cn1. The molecule has 6 nitrogen and oxygen atoms in total. The van der Waals surface area contributed by atoms with Crippen LogP contribution in [0.5, 0.6) is 0 Å². The first-order valence-electron chi connectivity index (χ1n) is 8.97. The molecule has 1 aromatic heterocycles. The predicted molar refractivity (Wildman–Crippen MR) is 104 cm³/mol. The van der Waals surface area contributed by atoms with Gasteiger partial charge >= 0.3 is 0 Å². The zero-order chi connectivity index (χ0) is 19.5. The molecule has 0 saturated carbocycles. The third-order valence-electron chi connectivity index (χ3n) is 4.72. The minimum Gasteiger partial charge on any atom is -0.378 e. The van der Waals surface area contributed by atoms with E-state index in [2.05, 4.69) is 9.97 Å². The van der Waals surface area contributed by atoms with Crippen molar-refractivity contribution in [3.8, 4) is 22.3 Å². The quantitative estimate of drug-likeness (QED) is 0.758. The van der Waals surface area contributed by atoms with Gasteiger partial charge in [-0.05, 0) is 23.3 Å². The number of nitrogens with two attached hydrogens (primary N) is 1. The topological polar surface area (TPSA) is 81.3 Å². The van der Waals surface area contributed by atoms with Crippen LogP contribution >= 0.6 is 0 Å². The number of nitrogens with zero attached hydrogens (tertiary/aromatic N) is 3. The number of rotatable bonds is 3. The lowest BCUT2D eigenvalue weighted by molar-refractivity contribution is 0.0303. The smallest absolute Gasteiger partial charge is 0.254 e. The number of carbonyl (C=O) groups excluding carboxylic acids is 1. The molecule has 142 valence electrons. The van der Waals surface area contributed by atoms with E-state index < -0.39 is 5.82 Å². The molecule has 1 amide bonds. The lowest BCUT2D eigenvalue weighted by atomic mass is 9.96. The summed E-state index contributed by atoms with van der Waals surface area (Å²) in [5.41, 5.74) is 8.28. The maximum absolute atomic E-state index is 14.8. The third-order valence-corrected chi connectivity index (χ3v) is 4.72. The van der Waals surface area contributed by atoms with Crippen molar-refractivity contribution in [2.75, 3.05) is 32.0 Å². The molecule has 1 fully saturated rings. The lowest BCUT2D eigenvalue weighted by Gasteiger charge is -2.27. The lowest BCUT2D eigenvalue weighted by Crippen LogP contribution is -2.40. The molecule has 0 radical (unpaired) electrons. The van der Waals surface area contributed by atoms with E-state index in [1.807, 2.05) is 18.2 Å². The molecular weight excluding hydrogens is 359 g/mol. The van der Waals surface area contributed by atoms with Crippen molar-refractivity contribution in [1.29, 1.82) is 0 Å². The standard InChI is InChI=1S/C21H19FN4O2/c22-19-11-14(5-6-17(19)15-12-24-21(23)25-13-15)16-3-1-2-4-18(16)20(27)26-7-9-28-10-8-26/h1-6,11-13H,7-10H2,(H2,23,24,25). The molecule has 2 N–H and O–H groups in total. The van der Waals surface area contributed by atoms with Crippen molar-refractivity contribution in [2.24, 2.45) is 0 Å². The molecule has 1 aliphatic heterocycles. The van der Waals surface area contributed by atoms with E-state index >= 15 is 0 Å². The second-order valence-corrected chi connectivity index (χ2v) is 6.47. The van der Waals surface area contributed by atoms with E-state index in [1.54, 1.807) is 23.1 Å². The van der Waals surface area contributed by atoms with Crippen LogP contribution in [0.15, 0.2) is 54.9 Å². The zero-order valence-electron chi connectivity index (χ0n) is 15.1. The Balaban J connectivity index is 1.69. The third kappa shape index (κ3) is 3.57. The van der Waals surface area contributed by atoms with Crippen LogP contribution in [0.2, 0.25) is 0 Å². The summed E-state index contributed by atoms with van der Waals surface area (Å²) in [4.78, 5) is 22.5. The van der Waals surface area contributed by atoms with Crippen molar-refractivity contribution < 1.29 is 13.9 Å². The summed E-state index contributed by atoms with van der Waals surface area (Å²) >= 11 is 0. The molecule has 1 aliphatic rings. The van der Waals surface area contributed by atoms with Gasteiger partial charge < -0.3 is 15.4 Å². The van der Waals surface area contributed by atoms with Crippen molar-refractivity contribution in [3.63, 3.8) is 0 Å². The molecule has 0 aliphatic carbocycles. The highest BCUT2D eigenvalue weighted by Gasteiger charge is 2.21. The number of aromatic nitrogens is 2. The summed E-state index contributed by atoms with van der Waals surface area (Å²) in [6.07, 6.45) is 2.96. The van der Waals surface area contributed by atoms with Crippen molar-refractivity contribution >= 4 is 11.9 Å². The first-order valence-corrected chi connectivity index (χ1v) is 8.97. The van der Waals surface area contributed by atoms with Gasteiger partial charge in [0.05, 0.1) is 13.2 Å². The fourth-order valence-corrected chi connectivity index (χ4v) is 3.25. The van der Waals surface area contributed by atoms with E-state index in [0.29, 0.717) is 54.1 Å². The average molecular weight is 378 g/mol. The summed E-state index contributed by atoms with van der Waals surface area (Å²) in [6, 6.07) is 12.1. The van der Waals surface area contributed by atoms with Gasteiger partial charge in [-0.3, -0.25) is 4.79 Å². The van der Waals surface area contributed by atoms with E-state index in [-0.39, 0.29) is 11.9 Å². The number of ether oxygens (including phenoxy) is 1. The highest BCUT2D eigenvalue weighted by atomic mass is 19.1. The highest BCUT2D eigenvalue weighted by Crippen LogP contribution is 2.30. The van der Waals surface area contributed by atoms with E-state index in [9.17, 15) is 9.18 Å². The number of amides is 1. The monoisotopic (exact) mass is 378 g/mol. The van der Waals surface area contributed by atoms with E-state index in [4.69, 9.17) is 10.5 Å². The maximum atomic E-state index is 14.8. The van der Waals surface area contributed by atoms with Crippen molar-refractivity contribution in [2.45, 2.75) is 0 Å². The Morgan fingerprint density at radius 3 is 2.43 bits per heavy atom. The molecule has 2 heterocycles. The van der Waals surface area contributed by atoms with Crippen LogP contribution in [0, 0.1) is 5.82 Å². The molecule has 28 heavy (non-hydrogen) atoms. The molecule has 3 aromatic rings. The van der Waals surface area contributed by atoms with Crippen LogP contribution in [0.25, 0.3) is 22.3 Å². The number of morpholine rings is 1. The van der Waals surface area contributed by atoms with Gasteiger partial charge in [0.1, 0.15) is 5.82 Å². The summed E-state index contributed by atoms with van der Waals surface area (Å²) in [5.74, 6) is -0.355.